The second-order valence-electron chi connectivity index (χ2n) is 10.6. The van der Waals surface area contributed by atoms with Gasteiger partial charge in [-0.1, -0.05) is 60.7 Å². The lowest BCUT2D eigenvalue weighted by Gasteiger charge is -2.35. The number of amides is 1. The number of benzene rings is 3. The van der Waals surface area contributed by atoms with Gasteiger partial charge < -0.3 is 4.90 Å². The van der Waals surface area contributed by atoms with Gasteiger partial charge in [0.15, 0.2) is 5.17 Å². The van der Waals surface area contributed by atoms with Crippen LogP contribution in [0.15, 0.2) is 106 Å². The van der Waals surface area contributed by atoms with E-state index in [-0.39, 0.29) is 10.8 Å². The fourth-order valence-electron chi connectivity index (χ4n) is 5.06. The van der Waals surface area contributed by atoms with Crippen LogP contribution < -0.4 is 0 Å². The number of sulfonamides is 1. The molecule has 0 spiro atoms. The predicted molar refractivity (Wildman–Crippen MR) is 171 cm³/mol. The SMILES string of the molecule is CN(C)S(=O)(=O)c1cccc(-c2nn(-c3ccccc3)cc2C=C2SC(N3CCN(Cc4ccccc4)CC3)=NC2=O)c1. The normalized spacial score (nSPS) is 17.2. The average molecular weight is 613 g/mol. The summed E-state index contributed by atoms with van der Waals surface area (Å²) in [6.07, 6.45) is 3.67. The van der Waals surface area contributed by atoms with Gasteiger partial charge in [-0.15, -0.1) is 0 Å². The molecule has 11 heteroatoms. The monoisotopic (exact) mass is 612 g/mol. The van der Waals surface area contributed by atoms with Crippen LogP contribution in [0.5, 0.6) is 0 Å². The molecule has 1 amide bonds. The van der Waals surface area contributed by atoms with E-state index < -0.39 is 10.0 Å². The van der Waals surface area contributed by atoms with Crippen molar-refractivity contribution in [3.63, 3.8) is 0 Å². The highest BCUT2D eigenvalue weighted by Crippen LogP contribution is 2.34. The van der Waals surface area contributed by atoms with Crippen LogP contribution in [0, 0.1) is 0 Å². The molecule has 0 N–H and O–H groups in total. The highest BCUT2D eigenvalue weighted by Gasteiger charge is 2.29. The Kier molecular flexibility index (Phi) is 8.31. The Balaban J connectivity index is 1.25. The number of amidine groups is 1. The van der Waals surface area contributed by atoms with E-state index in [1.807, 2.05) is 54.7 Å². The van der Waals surface area contributed by atoms with Crippen LogP contribution in [0.1, 0.15) is 11.1 Å². The van der Waals surface area contributed by atoms with Crippen molar-refractivity contribution in [1.82, 2.24) is 23.9 Å². The van der Waals surface area contributed by atoms with E-state index in [1.54, 1.807) is 22.9 Å². The lowest BCUT2D eigenvalue weighted by Crippen LogP contribution is -2.47. The minimum atomic E-state index is -3.64. The molecule has 9 nitrogen and oxygen atoms in total. The smallest absolute Gasteiger partial charge is 0.286 e. The largest absolute Gasteiger partial charge is 0.348 e. The van der Waals surface area contributed by atoms with Crippen molar-refractivity contribution in [2.24, 2.45) is 4.99 Å². The fourth-order valence-corrected chi connectivity index (χ4v) is 6.96. The van der Waals surface area contributed by atoms with E-state index in [9.17, 15) is 13.2 Å². The number of carbonyl (C=O) groups is 1. The number of carbonyl (C=O) groups excluding carboxylic acids is 1. The lowest BCUT2D eigenvalue weighted by molar-refractivity contribution is -0.113. The summed E-state index contributed by atoms with van der Waals surface area (Å²) in [5, 5.41) is 5.54. The fraction of sp³-hybridized carbons (Fsp3) is 0.219. The van der Waals surface area contributed by atoms with Crippen LogP contribution in [-0.4, -0.2) is 83.7 Å². The van der Waals surface area contributed by atoms with Gasteiger partial charge in [0.25, 0.3) is 5.91 Å². The summed E-state index contributed by atoms with van der Waals surface area (Å²) in [6, 6.07) is 26.8. The number of hydrogen-bond acceptors (Lipinski definition) is 7. The van der Waals surface area contributed by atoms with Crippen LogP contribution in [0.4, 0.5) is 0 Å². The molecule has 0 radical (unpaired) electrons. The molecular formula is C32H32N6O3S2. The molecule has 43 heavy (non-hydrogen) atoms. The Bertz CT molecular complexity index is 1790. The Morgan fingerprint density at radius 2 is 1.60 bits per heavy atom. The maximum Gasteiger partial charge on any atom is 0.286 e. The number of rotatable bonds is 7. The van der Waals surface area contributed by atoms with Crippen molar-refractivity contribution in [2.75, 3.05) is 40.3 Å². The summed E-state index contributed by atoms with van der Waals surface area (Å²) in [5.41, 5.74) is 4.05. The number of para-hydroxylation sites is 1. The zero-order chi connectivity index (χ0) is 30.0. The van der Waals surface area contributed by atoms with E-state index in [0.717, 1.165) is 38.4 Å². The number of piperazine rings is 1. The summed E-state index contributed by atoms with van der Waals surface area (Å²) >= 11 is 1.38. The number of aliphatic imine (C=N–C) groups is 1. The van der Waals surface area contributed by atoms with Crippen molar-refractivity contribution in [1.29, 1.82) is 0 Å². The van der Waals surface area contributed by atoms with Gasteiger partial charge in [0.2, 0.25) is 10.0 Å². The highest BCUT2D eigenvalue weighted by molar-refractivity contribution is 8.18. The average Bonchev–Trinajstić information content (AvgIpc) is 3.62. The van der Waals surface area contributed by atoms with Gasteiger partial charge in [-0.05, 0) is 47.7 Å². The van der Waals surface area contributed by atoms with E-state index in [0.29, 0.717) is 26.9 Å². The van der Waals surface area contributed by atoms with Gasteiger partial charge in [-0.25, -0.2) is 17.4 Å². The third kappa shape index (κ3) is 6.35. The summed E-state index contributed by atoms with van der Waals surface area (Å²) in [4.78, 5) is 22.8. The maximum atomic E-state index is 13.1. The molecule has 1 saturated heterocycles. The number of hydrogen-bond donors (Lipinski definition) is 0. The number of thioether (sulfide) groups is 1. The topological polar surface area (TPSA) is 91.1 Å². The van der Waals surface area contributed by atoms with Crippen molar-refractivity contribution >= 4 is 38.9 Å². The molecule has 0 aliphatic carbocycles. The second kappa shape index (κ2) is 12.3. The summed E-state index contributed by atoms with van der Waals surface area (Å²) in [6.45, 7) is 4.28. The first-order valence-electron chi connectivity index (χ1n) is 14.0. The van der Waals surface area contributed by atoms with Gasteiger partial charge in [0.05, 0.1) is 15.5 Å². The first kappa shape index (κ1) is 29.1. The van der Waals surface area contributed by atoms with Gasteiger partial charge >= 0.3 is 0 Å². The van der Waals surface area contributed by atoms with Crippen molar-refractivity contribution in [2.45, 2.75) is 11.4 Å². The number of aromatic nitrogens is 2. The van der Waals surface area contributed by atoms with Gasteiger partial charge in [0, 0.05) is 64.1 Å². The summed E-state index contributed by atoms with van der Waals surface area (Å²) < 4.78 is 28.7. The standard InChI is InChI=1S/C32H32N6O3S2/c1-35(2)43(40,41)28-15-9-12-25(20-28)30-26(23-38(34-30)27-13-7-4-8-14-27)21-29-31(39)33-32(42-29)37-18-16-36(17-19-37)22-24-10-5-3-6-11-24/h3-15,20-21,23H,16-19,22H2,1-2H3. The third-order valence-electron chi connectivity index (χ3n) is 7.44. The second-order valence-corrected chi connectivity index (χ2v) is 13.7. The van der Waals surface area contributed by atoms with Gasteiger partial charge in [-0.3, -0.25) is 9.69 Å². The van der Waals surface area contributed by atoms with Crippen LogP contribution in [0.25, 0.3) is 23.0 Å². The zero-order valence-corrected chi connectivity index (χ0v) is 25.6. The van der Waals surface area contributed by atoms with Crippen molar-refractivity contribution in [3.8, 4) is 16.9 Å². The molecule has 1 aromatic heterocycles. The molecule has 0 saturated carbocycles. The number of nitrogens with zero attached hydrogens (tertiary/aromatic N) is 6. The minimum absolute atomic E-state index is 0.172. The van der Waals surface area contributed by atoms with Gasteiger partial charge in [0.1, 0.15) is 5.69 Å². The molecule has 2 aliphatic heterocycles. The first-order chi connectivity index (χ1) is 20.8. The summed E-state index contributed by atoms with van der Waals surface area (Å²) in [7, 11) is -0.629. The van der Waals surface area contributed by atoms with E-state index >= 15 is 0 Å². The molecule has 1 fully saturated rings. The molecule has 6 rings (SSSR count). The van der Waals surface area contributed by atoms with E-state index in [4.69, 9.17) is 5.10 Å². The quantitative estimate of drug-likeness (QED) is 0.282. The summed E-state index contributed by atoms with van der Waals surface area (Å²) in [5.74, 6) is -0.283. The van der Waals surface area contributed by atoms with E-state index in [1.165, 1.54) is 35.7 Å². The van der Waals surface area contributed by atoms with Crippen molar-refractivity contribution in [3.05, 3.63) is 107 Å². The minimum Gasteiger partial charge on any atom is -0.348 e. The van der Waals surface area contributed by atoms with Crippen LogP contribution in [0.3, 0.4) is 0 Å². The molecule has 0 unspecified atom stereocenters. The molecule has 220 valence electrons. The highest BCUT2D eigenvalue weighted by atomic mass is 32.2. The Labute approximate surface area is 256 Å². The Hall–Kier alpha value is -4.03. The van der Waals surface area contributed by atoms with Gasteiger partial charge in [-0.2, -0.15) is 10.1 Å². The van der Waals surface area contributed by atoms with Crippen LogP contribution in [-0.2, 0) is 21.4 Å². The van der Waals surface area contributed by atoms with E-state index in [2.05, 4.69) is 39.1 Å². The molecule has 4 aromatic rings. The third-order valence-corrected chi connectivity index (χ3v) is 10.3. The predicted octanol–water partition coefficient (Wildman–Crippen LogP) is 4.58. The Morgan fingerprint density at radius 3 is 2.30 bits per heavy atom. The Morgan fingerprint density at radius 1 is 0.907 bits per heavy atom. The molecule has 0 bridgehead atoms. The molecular weight excluding hydrogens is 581 g/mol. The first-order valence-corrected chi connectivity index (χ1v) is 16.3. The van der Waals surface area contributed by atoms with Crippen molar-refractivity contribution < 1.29 is 13.2 Å². The molecule has 2 aliphatic rings. The lowest BCUT2D eigenvalue weighted by atomic mass is 10.1. The van der Waals surface area contributed by atoms with Crippen LogP contribution in [0.2, 0.25) is 0 Å². The maximum absolute atomic E-state index is 13.1. The van der Waals surface area contributed by atoms with Crippen LogP contribution >= 0.6 is 11.8 Å². The molecule has 3 aromatic carbocycles. The molecule has 0 atom stereocenters. The molecule has 3 heterocycles. The zero-order valence-electron chi connectivity index (χ0n) is 24.0.